The Morgan fingerprint density at radius 2 is 1.61 bits per heavy atom. The average molecular weight is 454 g/mol. The Morgan fingerprint density at radius 1 is 0.871 bits per heavy atom. The number of benzene rings is 2. The predicted octanol–water partition coefficient (Wildman–Crippen LogP) is 6.35. The van der Waals surface area contributed by atoms with Crippen molar-refractivity contribution in [2.24, 2.45) is 0 Å². The van der Waals surface area contributed by atoms with E-state index in [1.807, 2.05) is 23.5 Å². The molecule has 3 nitrogen and oxygen atoms in total. The number of unbranched alkanes of at least 4 members (excludes halogenated alkanes) is 1. The average Bonchev–Trinajstić information content (AvgIpc) is 3.36. The molecule has 3 aliphatic heterocycles. The van der Waals surface area contributed by atoms with Gasteiger partial charge in [-0.15, -0.1) is 11.8 Å². The second kappa shape index (κ2) is 10.2. The minimum atomic E-state index is 0.864. The molecule has 2 aromatic rings. The highest BCUT2D eigenvalue weighted by molar-refractivity contribution is 8.00. The first-order chi connectivity index (χ1) is 15.3. The van der Waals surface area contributed by atoms with Crippen molar-refractivity contribution in [3.8, 4) is 0 Å². The Balaban J connectivity index is 1.16. The Bertz CT molecular complexity index is 873. The standard InChI is InChI=1S/C26H35N3S2/c1-30-22-10-11-26-24(20-22)29(23-8-2-3-9-25(23)31-26)17-7-4-14-27-18-12-21(13-19-27)28-15-5-6-16-28/h2-3,8-11,20-21H,4-7,12-19H2,1H3. The number of anilines is 2. The Morgan fingerprint density at radius 3 is 2.42 bits per heavy atom. The maximum atomic E-state index is 2.75. The molecule has 3 aliphatic rings. The molecule has 0 radical (unpaired) electrons. The largest absolute Gasteiger partial charge is 0.340 e. The van der Waals surface area contributed by atoms with E-state index in [-0.39, 0.29) is 0 Å². The summed E-state index contributed by atoms with van der Waals surface area (Å²) in [6, 6.07) is 16.7. The lowest BCUT2D eigenvalue weighted by molar-refractivity contribution is 0.126. The number of thioether (sulfide) groups is 1. The van der Waals surface area contributed by atoms with Gasteiger partial charge in [0.05, 0.1) is 11.4 Å². The Kier molecular flexibility index (Phi) is 7.14. The zero-order valence-corrected chi connectivity index (χ0v) is 20.4. The molecule has 0 N–H and O–H groups in total. The van der Waals surface area contributed by atoms with Crippen LogP contribution in [0.15, 0.2) is 57.2 Å². The summed E-state index contributed by atoms with van der Waals surface area (Å²) in [5.74, 6) is 0. The van der Waals surface area contributed by atoms with Gasteiger partial charge in [-0.1, -0.05) is 23.9 Å². The summed E-state index contributed by atoms with van der Waals surface area (Å²) in [6.07, 6.45) is 10.3. The number of rotatable bonds is 7. The van der Waals surface area contributed by atoms with Gasteiger partial charge in [0.2, 0.25) is 0 Å². The third-order valence-corrected chi connectivity index (χ3v) is 9.01. The molecule has 0 saturated carbocycles. The second-order valence-corrected chi connectivity index (χ2v) is 11.0. The molecule has 0 bridgehead atoms. The van der Waals surface area contributed by atoms with E-state index in [0.29, 0.717) is 0 Å². The van der Waals surface area contributed by atoms with Crippen molar-refractivity contribution in [3.05, 3.63) is 42.5 Å². The van der Waals surface area contributed by atoms with Crippen LogP contribution in [0.4, 0.5) is 11.4 Å². The van der Waals surface area contributed by atoms with Crippen molar-refractivity contribution in [3.63, 3.8) is 0 Å². The fraction of sp³-hybridized carbons (Fsp3) is 0.538. The normalized spacial score (nSPS) is 20.1. The van der Waals surface area contributed by atoms with E-state index in [0.717, 1.165) is 12.6 Å². The van der Waals surface area contributed by atoms with Gasteiger partial charge < -0.3 is 14.7 Å². The van der Waals surface area contributed by atoms with Crippen molar-refractivity contribution < 1.29 is 0 Å². The van der Waals surface area contributed by atoms with E-state index in [1.54, 1.807) is 0 Å². The van der Waals surface area contributed by atoms with E-state index in [9.17, 15) is 0 Å². The summed E-state index contributed by atoms with van der Waals surface area (Å²) in [6.45, 7) is 7.65. The zero-order valence-electron chi connectivity index (χ0n) is 18.8. The highest BCUT2D eigenvalue weighted by Crippen LogP contribution is 2.48. The molecule has 31 heavy (non-hydrogen) atoms. The Labute approximate surface area is 196 Å². The molecule has 3 heterocycles. The van der Waals surface area contributed by atoms with Crippen LogP contribution < -0.4 is 4.90 Å². The summed E-state index contributed by atoms with van der Waals surface area (Å²) >= 11 is 3.75. The molecule has 2 saturated heterocycles. The lowest BCUT2D eigenvalue weighted by Crippen LogP contribution is -2.44. The molecule has 0 aromatic heterocycles. The summed E-state index contributed by atoms with van der Waals surface area (Å²) in [7, 11) is 0. The molecule has 0 spiro atoms. The summed E-state index contributed by atoms with van der Waals surface area (Å²) in [5, 5.41) is 0. The van der Waals surface area contributed by atoms with Crippen molar-refractivity contribution in [2.45, 2.75) is 59.3 Å². The SMILES string of the molecule is CSc1ccc2c(c1)N(CCCCN1CCC(N3CCCC3)CC1)c1ccccc1S2. The second-order valence-electron chi connectivity index (χ2n) is 9.08. The molecular formula is C26H35N3S2. The minimum Gasteiger partial charge on any atom is -0.340 e. The highest BCUT2D eigenvalue weighted by atomic mass is 32.2. The van der Waals surface area contributed by atoms with Gasteiger partial charge in [-0.2, -0.15) is 0 Å². The van der Waals surface area contributed by atoms with Crippen molar-refractivity contribution in [1.29, 1.82) is 0 Å². The quantitative estimate of drug-likeness (QED) is 0.356. The predicted molar refractivity (Wildman–Crippen MR) is 135 cm³/mol. The maximum Gasteiger partial charge on any atom is 0.0564 e. The van der Waals surface area contributed by atoms with Crippen LogP contribution in [-0.4, -0.2) is 61.4 Å². The van der Waals surface area contributed by atoms with Gasteiger partial charge in [-0.25, -0.2) is 0 Å². The molecule has 166 valence electrons. The zero-order chi connectivity index (χ0) is 21.0. The van der Waals surface area contributed by atoms with Crippen molar-refractivity contribution in [1.82, 2.24) is 9.80 Å². The first-order valence-corrected chi connectivity index (χ1v) is 14.0. The van der Waals surface area contributed by atoms with Crippen molar-refractivity contribution >= 4 is 34.9 Å². The molecule has 0 unspecified atom stereocenters. The molecule has 2 aromatic carbocycles. The molecule has 0 amide bonds. The van der Waals surface area contributed by atoms with Gasteiger partial charge in [-0.3, -0.25) is 0 Å². The van der Waals surface area contributed by atoms with Crippen LogP contribution in [0.2, 0.25) is 0 Å². The number of piperidine rings is 1. The van der Waals surface area contributed by atoms with Crippen LogP contribution in [0.1, 0.15) is 38.5 Å². The van der Waals surface area contributed by atoms with Crippen LogP contribution >= 0.6 is 23.5 Å². The molecule has 5 heteroatoms. The van der Waals surface area contributed by atoms with Crippen LogP contribution in [0.5, 0.6) is 0 Å². The van der Waals surface area contributed by atoms with E-state index in [4.69, 9.17) is 0 Å². The first-order valence-electron chi connectivity index (χ1n) is 12.0. The topological polar surface area (TPSA) is 9.72 Å². The smallest absolute Gasteiger partial charge is 0.0564 e. The number of likely N-dealkylation sites (tertiary alicyclic amines) is 2. The van der Waals surface area contributed by atoms with Crippen LogP contribution in [0, 0.1) is 0 Å². The Hall–Kier alpha value is -1.14. The third-order valence-electron chi connectivity index (χ3n) is 7.15. The van der Waals surface area contributed by atoms with E-state index in [1.165, 1.54) is 97.3 Å². The van der Waals surface area contributed by atoms with Gasteiger partial charge >= 0.3 is 0 Å². The van der Waals surface area contributed by atoms with E-state index in [2.05, 4.69) is 63.4 Å². The molecule has 0 aliphatic carbocycles. The number of fused-ring (bicyclic) bond motifs is 2. The van der Waals surface area contributed by atoms with Gasteiger partial charge in [0.1, 0.15) is 0 Å². The van der Waals surface area contributed by atoms with Gasteiger partial charge in [-0.05, 0) is 108 Å². The molecular weight excluding hydrogens is 418 g/mol. The molecule has 5 rings (SSSR count). The monoisotopic (exact) mass is 453 g/mol. The van der Waals surface area contributed by atoms with Crippen LogP contribution in [0.25, 0.3) is 0 Å². The minimum absolute atomic E-state index is 0.864. The van der Waals surface area contributed by atoms with E-state index >= 15 is 0 Å². The number of hydrogen-bond donors (Lipinski definition) is 0. The van der Waals surface area contributed by atoms with Crippen LogP contribution in [0.3, 0.4) is 0 Å². The number of nitrogens with zero attached hydrogens (tertiary/aromatic N) is 3. The highest BCUT2D eigenvalue weighted by Gasteiger charge is 2.26. The fourth-order valence-corrected chi connectivity index (χ4v) is 6.91. The summed E-state index contributed by atoms with van der Waals surface area (Å²) in [4.78, 5) is 12.2. The summed E-state index contributed by atoms with van der Waals surface area (Å²) in [5.41, 5.74) is 2.77. The van der Waals surface area contributed by atoms with Crippen molar-refractivity contribution in [2.75, 3.05) is 50.4 Å². The maximum absolute atomic E-state index is 2.75. The van der Waals surface area contributed by atoms with Gasteiger partial charge in [0.25, 0.3) is 0 Å². The summed E-state index contributed by atoms with van der Waals surface area (Å²) < 4.78 is 0. The molecule has 2 fully saturated rings. The third kappa shape index (κ3) is 4.95. The van der Waals surface area contributed by atoms with Crippen LogP contribution in [-0.2, 0) is 0 Å². The lowest BCUT2D eigenvalue weighted by Gasteiger charge is -2.37. The van der Waals surface area contributed by atoms with Gasteiger partial charge in [0.15, 0.2) is 0 Å². The number of hydrogen-bond acceptors (Lipinski definition) is 5. The lowest BCUT2D eigenvalue weighted by atomic mass is 10.0. The first kappa shape index (κ1) is 21.7. The number of para-hydroxylation sites is 1. The van der Waals surface area contributed by atoms with E-state index < -0.39 is 0 Å². The van der Waals surface area contributed by atoms with Gasteiger partial charge in [0, 0.05) is 27.3 Å². The fourth-order valence-electron chi connectivity index (χ4n) is 5.40. The molecule has 0 atom stereocenters.